The monoisotopic (exact) mass is 396 g/mol. The molecule has 28 heavy (non-hydrogen) atoms. The number of para-hydroxylation sites is 1. The molecule has 8 heteroatoms. The number of aromatic nitrogens is 2. The van der Waals surface area contributed by atoms with Crippen LogP contribution < -0.4 is 10.2 Å². The zero-order valence-corrected chi connectivity index (χ0v) is 15.6. The molecule has 1 N–H and O–H groups in total. The number of benzene rings is 2. The van der Waals surface area contributed by atoms with Crippen molar-refractivity contribution in [3.63, 3.8) is 0 Å². The first kappa shape index (κ1) is 18.2. The molecule has 4 rings (SSSR count). The van der Waals surface area contributed by atoms with Crippen molar-refractivity contribution in [2.24, 2.45) is 0 Å². The maximum Gasteiger partial charge on any atom is 0.322 e. The first-order chi connectivity index (χ1) is 13.6. The van der Waals surface area contributed by atoms with Gasteiger partial charge in [0, 0.05) is 23.7 Å². The molecule has 2 heterocycles. The van der Waals surface area contributed by atoms with E-state index in [0.29, 0.717) is 17.5 Å². The SMILES string of the molecule is O=C(Cc1ccc(Cl)cc1)Nc1nnc(C2CC(=O)N(c3ccccc3)C2)o1. The molecule has 1 fully saturated rings. The second-order valence-electron chi connectivity index (χ2n) is 6.54. The van der Waals surface area contributed by atoms with Crippen LogP contribution in [0.3, 0.4) is 0 Å². The van der Waals surface area contributed by atoms with Crippen molar-refractivity contribution in [1.29, 1.82) is 0 Å². The van der Waals surface area contributed by atoms with Gasteiger partial charge in [0.2, 0.25) is 17.7 Å². The third kappa shape index (κ3) is 4.04. The van der Waals surface area contributed by atoms with E-state index < -0.39 is 0 Å². The van der Waals surface area contributed by atoms with Crippen molar-refractivity contribution in [2.75, 3.05) is 16.8 Å². The van der Waals surface area contributed by atoms with Crippen LogP contribution in [0.2, 0.25) is 5.02 Å². The molecule has 2 aromatic carbocycles. The number of nitrogens with one attached hydrogen (secondary N) is 1. The van der Waals surface area contributed by atoms with E-state index in [1.165, 1.54) is 0 Å². The van der Waals surface area contributed by atoms with E-state index in [2.05, 4.69) is 15.5 Å². The van der Waals surface area contributed by atoms with Crippen LogP contribution in [0.5, 0.6) is 0 Å². The minimum absolute atomic E-state index is 0.00252. The van der Waals surface area contributed by atoms with Crippen molar-refractivity contribution in [2.45, 2.75) is 18.8 Å². The molecule has 2 amide bonds. The van der Waals surface area contributed by atoms with Gasteiger partial charge in [-0.3, -0.25) is 14.9 Å². The van der Waals surface area contributed by atoms with E-state index in [0.717, 1.165) is 11.3 Å². The lowest BCUT2D eigenvalue weighted by molar-refractivity contribution is -0.117. The molecule has 0 aliphatic carbocycles. The predicted molar refractivity (Wildman–Crippen MR) is 104 cm³/mol. The summed E-state index contributed by atoms with van der Waals surface area (Å²) >= 11 is 5.84. The second kappa shape index (κ2) is 7.82. The first-order valence-electron chi connectivity index (χ1n) is 8.81. The molecule has 142 valence electrons. The topological polar surface area (TPSA) is 88.3 Å². The highest BCUT2D eigenvalue weighted by Gasteiger charge is 2.35. The van der Waals surface area contributed by atoms with Crippen LogP contribution in [0.25, 0.3) is 0 Å². The van der Waals surface area contributed by atoms with E-state index in [-0.39, 0.29) is 36.6 Å². The minimum atomic E-state index is -0.272. The van der Waals surface area contributed by atoms with Crippen LogP contribution >= 0.6 is 11.6 Å². The van der Waals surface area contributed by atoms with Crippen molar-refractivity contribution < 1.29 is 14.0 Å². The Morgan fingerprint density at radius 3 is 2.64 bits per heavy atom. The van der Waals surface area contributed by atoms with Crippen LogP contribution in [0.1, 0.15) is 23.8 Å². The molecular weight excluding hydrogens is 380 g/mol. The normalized spacial score (nSPS) is 16.4. The standard InChI is InChI=1S/C20H17ClN4O3/c21-15-8-6-13(7-9-15)10-17(26)22-20-24-23-19(28-20)14-11-18(27)25(12-14)16-4-2-1-3-5-16/h1-9,14H,10-12H2,(H,22,24,26). The fourth-order valence-corrected chi connectivity index (χ4v) is 3.26. The smallest absolute Gasteiger partial charge is 0.322 e. The molecule has 0 saturated carbocycles. The average molecular weight is 397 g/mol. The number of anilines is 2. The van der Waals surface area contributed by atoms with Gasteiger partial charge < -0.3 is 9.32 Å². The zero-order valence-electron chi connectivity index (χ0n) is 14.8. The van der Waals surface area contributed by atoms with Crippen LogP contribution in [-0.4, -0.2) is 28.6 Å². The Balaban J connectivity index is 1.38. The van der Waals surface area contributed by atoms with Crippen molar-refractivity contribution >= 4 is 35.1 Å². The summed E-state index contributed by atoms with van der Waals surface area (Å²) in [6.07, 6.45) is 0.452. The highest BCUT2D eigenvalue weighted by molar-refractivity contribution is 6.30. The summed E-state index contributed by atoms with van der Waals surface area (Å²) in [6.45, 7) is 0.462. The van der Waals surface area contributed by atoms with Crippen LogP contribution in [0.15, 0.2) is 59.0 Å². The average Bonchev–Trinajstić information content (AvgIpc) is 3.31. The lowest BCUT2D eigenvalue weighted by Crippen LogP contribution is -2.24. The fourth-order valence-electron chi connectivity index (χ4n) is 3.13. The van der Waals surface area contributed by atoms with Crippen molar-refractivity contribution in [3.05, 3.63) is 71.1 Å². The van der Waals surface area contributed by atoms with Crippen LogP contribution in [0.4, 0.5) is 11.7 Å². The largest absolute Gasteiger partial charge is 0.407 e. The van der Waals surface area contributed by atoms with Gasteiger partial charge in [0.1, 0.15) is 0 Å². The molecule has 1 aromatic heterocycles. The highest BCUT2D eigenvalue weighted by atomic mass is 35.5. The number of carbonyl (C=O) groups is 2. The summed E-state index contributed by atoms with van der Waals surface area (Å²) in [4.78, 5) is 26.2. The van der Waals surface area contributed by atoms with E-state index in [4.69, 9.17) is 16.0 Å². The quantitative estimate of drug-likeness (QED) is 0.713. The predicted octanol–water partition coefficient (Wildman–Crippen LogP) is 3.42. The lowest BCUT2D eigenvalue weighted by atomic mass is 10.1. The van der Waals surface area contributed by atoms with Gasteiger partial charge in [-0.05, 0) is 29.8 Å². The molecule has 0 bridgehead atoms. The van der Waals surface area contributed by atoms with Gasteiger partial charge in [-0.1, -0.05) is 47.0 Å². The Morgan fingerprint density at radius 2 is 1.89 bits per heavy atom. The Kier molecular flexibility index (Phi) is 5.08. The third-order valence-electron chi connectivity index (χ3n) is 4.51. The molecule has 1 aliphatic heterocycles. The number of hydrogen-bond acceptors (Lipinski definition) is 5. The van der Waals surface area contributed by atoms with Crippen LogP contribution in [-0.2, 0) is 16.0 Å². The molecule has 1 saturated heterocycles. The maximum atomic E-state index is 12.3. The van der Waals surface area contributed by atoms with E-state index in [1.807, 2.05) is 30.3 Å². The third-order valence-corrected chi connectivity index (χ3v) is 4.76. The maximum absolute atomic E-state index is 12.3. The van der Waals surface area contributed by atoms with E-state index in [1.54, 1.807) is 29.2 Å². The highest BCUT2D eigenvalue weighted by Crippen LogP contribution is 2.31. The summed E-state index contributed by atoms with van der Waals surface area (Å²) in [6, 6.07) is 16.5. The Hall–Kier alpha value is -3.19. The molecule has 1 aliphatic rings. The molecule has 7 nitrogen and oxygen atoms in total. The summed E-state index contributed by atoms with van der Waals surface area (Å²) in [5.74, 6) is -0.135. The Labute approximate surface area is 166 Å². The minimum Gasteiger partial charge on any atom is -0.407 e. The number of halogens is 1. The molecule has 0 spiro atoms. The summed E-state index contributed by atoms with van der Waals surface area (Å²) in [5, 5.41) is 11.1. The van der Waals surface area contributed by atoms with Gasteiger partial charge in [0.25, 0.3) is 0 Å². The molecule has 1 unspecified atom stereocenters. The zero-order chi connectivity index (χ0) is 19.5. The van der Waals surface area contributed by atoms with Gasteiger partial charge in [0.15, 0.2) is 0 Å². The van der Waals surface area contributed by atoms with Crippen molar-refractivity contribution in [3.8, 4) is 0 Å². The van der Waals surface area contributed by atoms with Crippen LogP contribution in [0, 0.1) is 0 Å². The van der Waals surface area contributed by atoms with Crippen molar-refractivity contribution in [1.82, 2.24) is 10.2 Å². The summed E-state index contributed by atoms with van der Waals surface area (Å²) < 4.78 is 5.57. The molecular formula is C20H17ClN4O3. The molecule has 3 aromatic rings. The van der Waals surface area contributed by atoms with Gasteiger partial charge in [-0.2, -0.15) is 0 Å². The Bertz CT molecular complexity index is 988. The molecule has 0 radical (unpaired) electrons. The number of carbonyl (C=O) groups excluding carboxylic acids is 2. The lowest BCUT2D eigenvalue weighted by Gasteiger charge is -2.15. The fraction of sp³-hybridized carbons (Fsp3) is 0.200. The van der Waals surface area contributed by atoms with E-state index in [9.17, 15) is 9.59 Å². The van der Waals surface area contributed by atoms with Gasteiger partial charge in [0.05, 0.1) is 12.3 Å². The van der Waals surface area contributed by atoms with E-state index >= 15 is 0 Å². The van der Waals surface area contributed by atoms with Gasteiger partial charge >= 0.3 is 6.01 Å². The first-order valence-corrected chi connectivity index (χ1v) is 9.19. The number of hydrogen-bond donors (Lipinski definition) is 1. The number of rotatable bonds is 5. The summed E-state index contributed by atoms with van der Waals surface area (Å²) in [5.41, 5.74) is 1.66. The summed E-state index contributed by atoms with van der Waals surface area (Å²) in [7, 11) is 0. The number of nitrogens with zero attached hydrogens (tertiary/aromatic N) is 3. The Morgan fingerprint density at radius 1 is 1.14 bits per heavy atom. The second-order valence-corrected chi connectivity index (χ2v) is 6.97. The number of amides is 2. The van der Waals surface area contributed by atoms with Gasteiger partial charge in [-0.15, -0.1) is 5.10 Å². The molecule has 1 atom stereocenters. The van der Waals surface area contributed by atoms with Gasteiger partial charge in [-0.25, -0.2) is 0 Å².